The fraction of sp³-hybridized carbons (Fsp3) is 0.214. The van der Waals surface area contributed by atoms with Crippen LogP contribution in [0.2, 0.25) is 0 Å². The first-order chi connectivity index (χ1) is 9.90. The van der Waals surface area contributed by atoms with Crippen LogP contribution in [0.25, 0.3) is 0 Å². The predicted molar refractivity (Wildman–Crippen MR) is 78.9 cm³/mol. The molecule has 6 nitrogen and oxygen atoms in total. The number of thiazole rings is 1. The number of carbonyl (C=O) groups is 2. The second kappa shape index (κ2) is 5.92. The van der Waals surface area contributed by atoms with Crippen molar-refractivity contribution in [3.05, 3.63) is 55.6 Å². The topological polar surface area (TPSA) is 88.4 Å². The van der Waals surface area contributed by atoms with Crippen LogP contribution in [0.15, 0.2) is 29.1 Å². The smallest absolute Gasteiger partial charge is 0.335 e. The maximum Gasteiger partial charge on any atom is 0.335 e. The van der Waals surface area contributed by atoms with Crippen molar-refractivity contribution in [2.75, 3.05) is 0 Å². The van der Waals surface area contributed by atoms with Crippen molar-refractivity contribution in [1.29, 1.82) is 0 Å². The molecule has 0 saturated carbocycles. The minimum absolute atomic E-state index is 0.177. The van der Waals surface area contributed by atoms with Crippen molar-refractivity contribution in [2.45, 2.75) is 13.5 Å². The zero-order valence-electron chi connectivity index (χ0n) is 11.5. The minimum Gasteiger partial charge on any atom is -0.478 e. The lowest BCUT2D eigenvalue weighted by Gasteiger charge is -2.05. The molecule has 2 N–H and O–H groups in total. The molecule has 0 atom stereocenters. The summed E-state index contributed by atoms with van der Waals surface area (Å²) < 4.78 is 1.43. The summed E-state index contributed by atoms with van der Waals surface area (Å²) in [4.78, 5) is 34.5. The molecule has 0 aliphatic carbocycles. The summed E-state index contributed by atoms with van der Waals surface area (Å²) in [5, 5.41) is 11.5. The standard InChI is InChI=1S/C14H14N2O4S/c1-8-11(21-14(20)16(8)2)12(17)15-7-9-3-5-10(6-4-9)13(18)19/h3-6H,7H2,1-2H3,(H,15,17)(H,18,19). The van der Waals surface area contributed by atoms with Crippen LogP contribution >= 0.6 is 11.3 Å². The van der Waals surface area contributed by atoms with Crippen LogP contribution in [-0.4, -0.2) is 21.6 Å². The molecule has 1 heterocycles. The maximum atomic E-state index is 12.0. The van der Waals surface area contributed by atoms with E-state index in [9.17, 15) is 14.4 Å². The number of aromatic nitrogens is 1. The van der Waals surface area contributed by atoms with E-state index in [1.165, 1.54) is 16.7 Å². The van der Waals surface area contributed by atoms with Crippen LogP contribution in [0.1, 0.15) is 31.3 Å². The van der Waals surface area contributed by atoms with E-state index < -0.39 is 5.97 Å². The highest BCUT2D eigenvalue weighted by molar-refractivity contribution is 7.11. The molecule has 0 spiro atoms. The minimum atomic E-state index is -0.990. The zero-order chi connectivity index (χ0) is 15.6. The molecule has 0 bridgehead atoms. The average Bonchev–Trinajstić information content (AvgIpc) is 2.73. The Labute approximate surface area is 124 Å². The molecule has 0 fully saturated rings. The molecule has 0 saturated heterocycles. The highest BCUT2D eigenvalue weighted by Gasteiger charge is 2.15. The number of benzene rings is 1. The largest absolute Gasteiger partial charge is 0.478 e. The summed E-state index contributed by atoms with van der Waals surface area (Å²) in [6.07, 6.45) is 0. The third-order valence-electron chi connectivity index (χ3n) is 3.16. The lowest BCUT2D eigenvalue weighted by Crippen LogP contribution is -2.22. The highest BCUT2D eigenvalue weighted by atomic mass is 32.1. The normalized spacial score (nSPS) is 10.4. The van der Waals surface area contributed by atoms with Gasteiger partial charge in [0.25, 0.3) is 5.91 Å². The summed E-state index contributed by atoms with van der Waals surface area (Å²) >= 11 is 0.908. The molecule has 0 aliphatic heterocycles. The van der Waals surface area contributed by atoms with E-state index in [2.05, 4.69) is 5.32 Å². The van der Waals surface area contributed by atoms with Crippen molar-refractivity contribution < 1.29 is 14.7 Å². The molecule has 0 aliphatic rings. The van der Waals surface area contributed by atoms with Gasteiger partial charge in [-0.25, -0.2) is 4.79 Å². The van der Waals surface area contributed by atoms with Crippen molar-refractivity contribution >= 4 is 23.2 Å². The number of nitrogens with one attached hydrogen (secondary N) is 1. The van der Waals surface area contributed by atoms with Crippen LogP contribution in [-0.2, 0) is 13.6 Å². The maximum absolute atomic E-state index is 12.0. The Morgan fingerprint density at radius 3 is 2.38 bits per heavy atom. The summed E-state index contributed by atoms with van der Waals surface area (Å²) in [5.74, 6) is -1.30. The van der Waals surface area contributed by atoms with E-state index in [-0.39, 0.29) is 22.9 Å². The van der Waals surface area contributed by atoms with Gasteiger partial charge in [0.05, 0.1) is 5.56 Å². The van der Waals surface area contributed by atoms with Gasteiger partial charge in [-0.2, -0.15) is 0 Å². The van der Waals surface area contributed by atoms with Gasteiger partial charge in [-0.1, -0.05) is 23.5 Å². The van der Waals surface area contributed by atoms with E-state index in [0.29, 0.717) is 10.6 Å². The number of rotatable bonds is 4. The second-order valence-electron chi connectivity index (χ2n) is 4.53. The van der Waals surface area contributed by atoms with Gasteiger partial charge >= 0.3 is 10.8 Å². The Morgan fingerprint density at radius 1 is 1.29 bits per heavy atom. The van der Waals surface area contributed by atoms with E-state index in [4.69, 9.17) is 5.11 Å². The van der Waals surface area contributed by atoms with Crippen LogP contribution in [0.5, 0.6) is 0 Å². The molecule has 0 unspecified atom stereocenters. The van der Waals surface area contributed by atoms with Crippen LogP contribution < -0.4 is 10.2 Å². The summed E-state index contributed by atoms with van der Waals surface area (Å²) in [5.41, 5.74) is 1.61. The van der Waals surface area contributed by atoms with Gasteiger partial charge in [0.15, 0.2) is 0 Å². The molecule has 2 rings (SSSR count). The van der Waals surface area contributed by atoms with Gasteiger partial charge in [-0.05, 0) is 24.6 Å². The van der Waals surface area contributed by atoms with Crippen molar-refractivity contribution in [1.82, 2.24) is 9.88 Å². The number of hydrogen-bond acceptors (Lipinski definition) is 4. The highest BCUT2D eigenvalue weighted by Crippen LogP contribution is 2.11. The lowest BCUT2D eigenvalue weighted by atomic mass is 10.1. The number of carboxylic acids is 1. The Morgan fingerprint density at radius 2 is 1.90 bits per heavy atom. The monoisotopic (exact) mass is 306 g/mol. The van der Waals surface area contributed by atoms with E-state index >= 15 is 0 Å². The fourth-order valence-corrected chi connectivity index (χ4v) is 2.66. The van der Waals surface area contributed by atoms with E-state index in [1.54, 1.807) is 26.1 Å². The summed E-state index contributed by atoms with van der Waals surface area (Å²) in [6, 6.07) is 6.25. The number of nitrogens with zero attached hydrogens (tertiary/aromatic N) is 1. The van der Waals surface area contributed by atoms with Crippen molar-refractivity contribution in [2.24, 2.45) is 7.05 Å². The van der Waals surface area contributed by atoms with Gasteiger partial charge in [0, 0.05) is 19.3 Å². The molecule has 1 aromatic carbocycles. The number of carbonyl (C=O) groups excluding carboxylic acids is 1. The van der Waals surface area contributed by atoms with Crippen LogP contribution in [0.4, 0.5) is 0 Å². The molecule has 110 valence electrons. The first kappa shape index (κ1) is 15.0. The SMILES string of the molecule is Cc1c(C(=O)NCc2ccc(C(=O)O)cc2)sc(=O)n1C. The Hall–Kier alpha value is -2.41. The second-order valence-corrected chi connectivity index (χ2v) is 5.49. The van der Waals surface area contributed by atoms with Gasteiger partial charge in [-0.15, -0.1) is 0 Å². The third kappa shape index (κ3) is 3.19. The van der Waals surface area contributed by atoms with E-state index in [1.807, 2.05) is 0 Å². The zero-order valence-corrected chi connectivity index (χ0v) is 12.4. The number of aromatic carboxylic acids is 1. The lowest BCUT2D eigenvalue weighted by molar-refractivity contribution is 0.0696. The number of carboxylic acid groups (broad SMARTS) is 1. The Bertz CT molecular complexity index is 743. The Kier molecular flexibility index (Phi) is 4.23. The summed E-state index contributed by atoms with van der Waals surface area (Å²) in [7, 11) is 1.62. The Balaban J connectivity index is 2.05. The molecule has 2 aromatic rings. The quantitative estimate of drug-likeness (QED) is 0.893. The molecule has 1 aromatic heterocycles. The molecule has 21 heavy (non-hydrogen) atoms. The molecular formula is C14H14N2O4S. The number of hydrogen-bond donors (Lipinski definition) is 2. The molecule has 0 radical (unpaired) electrons. The molecule has 7 heteroatoms. The first-order valence-corrected chi connectivity index (χ1v) is 6.98. The van der Waals surface area contributed by atoms with Gasteiger partial charge in [0.2, 0.25) is 0 Å². The van der Waals surface area contributed by atoms with Crippen LogP contribution in [0.3, 0.4) is 0 Å². The van der Waals surface area contributed by atoms with Crippen LogP contribution in [0, 0.1) is 6.92 Å². The van der Waals surface area contributed by atoms with Crippen molar-refractivity contribution in [3.8, 4) is 0 Å². The third-order valence-corrected chi connectivity index (χ3v) is 4.29. The fourth-order valence-electron chi connectivity index (χ4n) is 1.76. The van der Waals surface area contributed by atoms with Gasteiger partial charge in [0.1, 0.15) is 4.88 Å². The average molecular weight is 306 g/mol. The first-order valence-electron chi connectivity index (χ1n) is 6.17. The number of amides is 1. The summed E-state index contributed by atoms with van der Waals surface area (Å²) in [6.45, 7) is 1.99. The van der Waals surface area contributed by atoms with Gasteiger partial charge < -0.3 is 15.0 Å². The van der Waals surface area contributed by atoms with E-state index in [0.717, 1.165) is 16.9 Å². The predicted octanol–water partition coefficient (Wildman–Crippen LogP) is 1.38. The van der Waals surface area contributed by atoms with Gasteiger partial charge in [-0.3, -0.25) is 9.59 Å². The molecular weight excluding hydrogens is 292 g/mol. The van der Waals surface area contributed by atoms with Crippen molar-refractivity contribution in [3.63, 3.8) is 0 Å². The molecule has 1 amide bonds.